The highest BCUT2D eigenvalue weighted by molar-refractivity contribution is 5.83. The fourth-order valence-electron chi connectivity index (χ4n) is 4.92. The number of hydrogen-bond acceptors (Lipinski definition) is 3. The van der Waals surface area contributed by atoms with E-state index in [-0.39, 0.29) is 24.8 Å². The first-order valence-corrected chi connectivity index (χ1v) is 16.0. The zero-order valence-electron chi connectivity index (χ0n) is 24.8. The summed E-state index contributed by atoms with van der Waals surface area (Å²) in [6, 6.07) is -0.949. The number of carbonyl (C=O) groups excluding carboxylic acids is 1. The Morgan fingerprint density at radius 3 is 1.29 bits per heavy atom. The van der Waals surface area contributed by atoms with E-state index in [2.05, 4.69) is 17.2 Å². The third-order valence-electron chi connectivity index (χ3n) is 7.35. The third-order valence-corrected chi connectivity index (χ3v) is 7.35. The van der Waals surface area contributed by atoms with Crippen molar-refractivity contribution in [3.63, 3.8) is 0 Å². The molecular weight excluding hydrogens is 476 g/mol. The maximum absolute atomic E-state index is 12.0. The molecule has 6 N–H and O–H groups in total. The van der Waals surface area contributed by atoms with Gasteiger partial charge in [-0.2, -0.15) is 0 Å². The molecule has 0 fully saturated rings. The van der Waals surface area contributed by atoms with Gasteiger partial charge in [-0.05, 0) is 12.8 Å². The number of aliphatic imine (C=N–C) groups is 1. The van der Waals surface area contributed by atoms with Crippen molar-refractivity contribution < 1.29 is 14.7 Å². The first-order valence-electron chi connectivity index (χ1n) is 16.0. The molecule has 7 nitrogen and oxygen atoms in total. The number of hydrogen-bond donors (Lipinski definition) is 4. The van der Waals surface area contributed by atoms with Gasteiger partial charge in [-0.25, -0.2) is 4.79 Å². The Morgan fingerprint density at radius 2 is 0.974 bits per heavy atom. The van der Waals surface area contributed by atoms with Crippen molar-refractivity contribution in [2.75, 3.05) is 6.54 Å². The SMILES string of the molecule is CCCCCCCCCCCCCCCCCCCCCCCCCC(=O)N[C@@H](CCN=C(N)N)C(=O)O. The Hall–Kier alpha value is -1.79. The van der Waals surface area contributed by atoms with Crippen LogP contribution in [0.2, 0.25) is 0 Å². The van der Waals surface area contributed by atoms with Crippen molar-refractivity contribution in [1.82, 2.24) is 5.32 Å². The lowest BCUT2D eigenvalue weighted by molar-refractivity contribution is -0.142. The summed E-state index contributed by atoms with van der Waals surface area (Å²) < 4.78 is 0. The van der Waals surface area contributed by atoms with Crippen molar-refractivity contribution in [3.05, 3.63) is 0 Å². The van der Waals surface area contributed by atoms with Crippen LogP contribution in [0.3, 0.4) is 0 Å². The molecule has 0 aliphatic rings. The van der Waals surface area contributed by atoms with Gasteiger partial charge in [0.1, 0.15) is 6.04 Å². The van der Waals surface area contributed by atoms with E-state index in [9.17, 15) is 14.7 Å². The number of unbranched alkanes of at least 4 members (excludes halogenated alkanes) is 22. The number of guanidine groups is 1. The highest BCUT2D eigenvalue weighted by Crippen LogP contribution is 2.15. The van der Waals surface area contributed by atoms with Crippen LogP contribution in [0.1, 0.15) is 167 Å². The van der Waals surface area contributed by atoms with E-state index in [1.54, 1.807) is 0 Å². The number of nitrogens with zero attached hydrogens (tertiary/aromatic N) is 1. The quantitative estimate of drug-likeness (QED) is 0.0442. The van der Waals surface area contributed by atoms with Crippen LogP contribution in [0.15, 0.2) is 4.99 Å². The lowest BCUT2D eigenvalue weighted by Gasteiger charge is -2.13. The van der Waals surface area contributed by atoms with Crippen molar-refractivity contribution in [1.29, 1.82) is 0 Å². The topological polar surface area (TPSA) is 131 Å². The van der Waals surface area contributed by atoms with E-state index in [0.29, 0.717) is 6.42 Å². The van der Waals surface area contributed by atoms with E-state index in [1.165, 1.54) is 128 Å². The Kier molecular flexibility index (Phi) is 26.9. The summed E-state index contributed by atoms with van der Waals surface area (Å²) in [6.07, 6.45) is 31.4. The van der Waals surface area contributed by atoms with Gasteiger partial charge in [0.2, 0.25) is 5.91 Å². The maximum Gasteiger partial charge on any atom is 0.326 e. The zero-order chi connectivity index (χ0) is 28.1. The molecule has 0 radical (unpaired) electrons. The molecule has 0 rings (SSSR count). The number of carboxylic acid groups (broad SMARTS) is 1. The molecule has 0 unspecified atom stereocenters. The normalized spacial score (nSPS) is 11.8. The Morgan fingerprint density at radius 1 is 0.632 bits per heavy atom. The fraction of sp³-hybridized carbons (Fsp3) is 0.903. The van der Waals surface area contributed by atoms with Crippen molar-refractivity contribution in [3.8, 4) is 0 Å². The van der Waals surface area contributed by atoms with Crippen LogP contribution in [0.4, 0.5) is 0 Å². The Labute approximate surface area is 234 Å². The van der Waals surface area contributed by atoms with Gasteiger partial charge in [-0.3, -0.25) is 9.79 Å². The van der Waals surface area contributed by atoms with Crippen molar-refractivity contribution >= 4 is 17.8 Å². The summed E-state index contributed by atoms with van der Waals surface area (Å²) in [5.41, 5.74) is 10.5. The van der Waals surface area contributed by atoms with Gasteiger partial charge in [-0.15, -0.1) is 0 Å². The minimum absolute atomic E-state index is 0.0783. The van der Waals surface area contributed by atoms with Crippen LogP contribution in [0, 0.1) is 0 Å². The molecular formula is C31H62N4O3. The summed E-state index contributed by atoms with van der Waals surface area (Å²) in [5.74, 6) is -1.36. The molecule has 0 saturated carbocycles. The molecule has 0 aromatic heterocycles. The average Bonchev–Trinajstić information content (AvgIpc) is 2.88. The van der Waals surface area contributed by atoms with E-state index in [1.807, 2.05) is 0 Å². The molecule has 0 aliphatic heterocycles. The molecule has 1 atom stereocenters. The van der Waals surface area contributed by atoms with Crippen LogP contribution in [0.5, 0.6) is 0 Å². The molecule has 7 heteroatoms. The lowest BCUT2D eigenvalue weighted by Crippen LogP contribution is -2.41. The molecule has 0 bridgehead atoms. The summed E-state index contributed by atoms with van der Waals surface area (Å²) in [6.45, 7) is 2.46. The molecule has 38 heavy (non-hydrogen) atoms. The molecule has 0 saturated heterocycles. The van der Waals surface area contributed by atoms with Crippen LogP contribution in [0.25, 0.3) is 0 Å². The van der Waals surface area contributed by atoms with Gasteiger partial charge >= 0.3 is 5.97 Å². The molecule has 224 valence electrons. The Bertz CT molecular complexity index is 579. The van der Waals surface area contributed by atoms with Gasteiger partial charge in [0.05, 0.1) is 0 Å². The fourth-order valence-corrected chi connectivity index (χ4v) is 4.92. The monoisotopic (exact) mass is 538 g/mol. The standard InChI is InChI=1S/C31H62N4O3/c1-2-3-4-5-6-7-8-9-10-11-12-13-14-15-16-17-18-19-20-21-22-23-24-25-29(36)35-28(30(37)38)26-27-34-31(32)33/h28H,2-27H2,1H3,(H,35,36)(H,37,38)(H4,32,33,34)/t28-/m0/s1. The first-order chi connectivity index (χ1) is 18.5. The molecule has 0 heterocycles. The second kappa shape index (κ2) is 28.2. The average molecular weight is 539 g/mol. The lowest BCUT2D eigenvalue weighted by atomic mass is 10.0. The number of carbonyl (C=O) groups is 2. The van der Waals surface area contributed by atoms with Crippen LogP contribution in [-0.2, 0) is 9.59 Å². The van der Waals surface area contributed by atoms with E-state index in [0.717, 1.165) is 19.3 Å². The summed E-state index contributed by atoms with van der Waals surface area (Å²) >= 11 is 0. The van der Waals surface area contributed by atoms with Crippen LogP contribution in [-0.4, -0.2) is 35.5 Å². The number of carboxylic acids is 1. The third kappa shape index (κ3) is 27.3. The second-order valence-corrected chi connectivity index (χ2v) is 11.1. The van der Waals surface area contributed by atoms with Gasteiger partial charge < -0.3 is 21.9 Å². The number of nitrogens with two attached hydrogens (primary N) is 2. The highest BCUT2D eigenvalue weighted by Gasteiger charge is 2.19. The van der Waals surface area contributed by atoms with Crippen molar-refractivity contribution in [2.45, 2.75) is 173 Å². The summed E-state index contributed by atoms with van der Waals surface area (Å²) in [4.78, 5) is 27.0. The van der Waals surface area contributed by atoms with Gasteiger partial charge in [0, 0.05) is 13.0 Å². The molecule has 0 aromatic carbocycles. The van der Waals surface area contributed by atoms with E-state index in [4.69, 9.17) is 11.5 Å². The molecule has 0 aliphatic carbocycles. The van der Waals surface area contributed by atoms with Gasteiger partial charge in [0.15, 0.2) is 5.96 Å². The predicted molar refractivity (Wildman–Crippen MR) is 161 cm³/mol. The number of rotatable bonds is 29. The maximum atomic E-state index is 12.0. The smallest absolute Gasteiger partial charge is 0.326 e. The minimum atomic E-state index is -1.06. The van der Waals surface area contributed by atoms with E-state index < -0.39 is 12.0 Å². The highest BCUT2D eigenvalue weighted by atomic mass is 16.4. The summed E-state index contributed by atoms with van der Waals surface area (Å²) in [5, 5.41) is 11.8. The van der Waals surface area contributed by atoms with Crippen LogP contribution < -0.4 is 16.8 Å². The summed E-state index contributed by atoms with van der Waals surface area (Å²) in [7, 11) is 0. The van der Waals surface area contributed by atoms with Crippen LogP contribution >= 0.6 is 0 Å². The van der Waals surface area contributed by atoms with E-state index >= 15 is 0 Å². The Balaban J connectivity index is 3.34. The zero-order valence-corrected chi connectivity index (χ0v) is 24.8. The van der Waals surface area contributed by atoms with Gasteiger partial charge in [0.25, 0.3) is 0 Å². The molecule has 1 amide bonds. The second-order valence-electron chi connectivity index (χ2n) is 11.1. The number of nitrogens with one attached hydrogen (secondary N) is 1. The van der Waals surface area contributed by atoms with Crippen molar-refractivity contribution in [2.24, 2.45) is 16.5 Å². The first kappa shape index (κ1) is 36.2. The molecule has 0 spiro atoms. The molecule has 0 aromatic rings. The largest absolute Gasteiger partial charge is 0.480 e. The predicted octanol–water partition coefficient (Wildman–Crippen LogP) is 7.60. The number of amides is 1. The number of aliphatic carboxylic acids is 1. The minimum Gasteiger partial charge on any atom is -0.480 e. The van der Waals surface area contributed by atoms with Gasteiger partial charge in [-0.1, -0.05) is 148 Å².